The van der Waals surface area contributed by atoms with Crippen molar-refractivity contribution in [3.8, 4) is 11.5 Å². The fraction of sp³-hybridized carbons (Fsp3) is 0.120. The highest BCUT2D eigenvalue weighted by atomic mass is 35.5. The molecule has 0 saturated carbocycles. The first-order chi connectivity index (χ1) is 15.4. The van der Waals surface area contributed by atoms with Crippen LogP contribution in [0.25, 0.3) is 5.57 Å². The van der Waals surface area contributed by atoms with E-state index in [4.69, 9.17) is 21.1 Å². The first-order valence-electron chi connectivity index (χ1n) is 9.88. The summed E-state index contributed by atoms with van der Waals surface area (Å²) in [6.45, 7) is 1.86. The van der Waals surface area contributed by atoms with Gasteiger partial charge in [-0.05, 0) is 54.4 Å². The molecule has 6 nitrogen and oxygen atoms in total. The molecule has 0 saturated heterocycles. The van der Waals surface area contributed by atoms with Gasteiger partial charge in [0.15, 0.2) is 0 Å². The summed E-state index contributed by atoms with van der Waals surface area (Å²) in [7, 11) is 3.09. The minimum atomic E-state index is -0.443. The highest BCUT2D eigenvalue weighted by molar-refractivity contribution is 6.46. The Kier molecular flexibility index (Phi) is 5.88. The number of carbonyl (C=O) groups is 2. The summed E-state index contributed by atoms with van der Waals surface area (Å²) in [5.41, 5.74) is 2.96. The second kappa shape index (κ2) is 8.77. The molecule has 0 unspecified atom stereocenters. The van der Waals surface area contributed by atoms with Crippen molar-refractivity contribution in [1.82, 2.24) is 0 Å². The number of halogens is 1. The van der Waals surface area contributed by atoms with E-state index in [1.807, 2.05) is 19.1 Å². The lowest BCUT2D eigenvalue weighted by molar-refractivity contribution is -0.120. The Bertz CT molecular complexity index is 1230. The van der Waals surface area contributed by atoms with Crippen LogP contribution in [0.3, 0.4) is 0 Å². The van der Waals surface area contributed by atoms with Gasteiger partial charge in [-0.25, -0.2) is 4.90 Å². The zero-order valence-electron chi connectivity index (χ0n) is 17.8. The Morgan fingerprint density at radius 3 is 2.22 bits per heavy atom. The van der Waals surface area contributed by atoms with Crippen molar-refractivity contribution in [2.75, 3.05) is 24.4 Å². The molecule has 7 heteroatoms. The van der Waals surface area contributed by atoms with Gasteiger partial charge in [-0.2, -0.15) is 0 Å². The van der Waals surface area contributed by atoms with Gasteiger partial charge in [0.2, 0.25) is 0 Å². The molecular formula is C25H21ClN2O4. The molecular weight excluding hydrogens is 428 g/mol. The molecule has 0 radical (unpaired) electrons. The third kappa shape index (κ3) is 3.81. The molecule has 4 rings (SSSR count). The van der Waals surface area contributed by atoms with Crippen LogP contribution in [-0.2, 0) is 9.59 Å². The van der Waals surface area contributed by atoms with Crippen LogP contribution in [0.4, 0.5) is 11.4 Å². The molecule has 0 bridgehead atoms. The summed E-state index contributed by atoms with van der Waals surface area (Å²) in [5.74, 6) is 0.314. The lowest BCUT2D eigenvalue weighted by Crippen LogP contribution is -2.33. The monoisotopic (exact) mass is 448 g/mol. The number of hydrogen-bond donors (Lipinski definition) is 1. The maximum atomic E-state index is 13.5. The number of nitrogens with one attached hydrogen (secondary N) is 1. The van der Waals surface area contributed by atoms with Crippen LogP contribution in [0.2, 0.25) is 5.02 Å². The van der Waals surface area contributed by atoms with Gasteiger partial charge in [0, 0.05) is 5.69 Å². The molecule has 2 amide bonds. The summed E-state index contributed by atoms with van der Waals surface area (Å²) < 4.78 is 10.4. The lowest BCUT2D eigenvalue weighted by Gasteiger charge is -2.17. The summed E-state index contributed by atoms with van der Waals surface area (Å²) in [6, 6.07) is 19.3. The van der Waals surface area contributed by atoms with E-state index in [2.05, 4.69) is 5.32 Å². The molecule has 0 atom stereocenters. The van der Waals surface area contributed by atoms with Crippen LogP contribution in [0.5, 0.6) is 11.5 Å². The van der Waals surface area contributed by atoms with Crippen molar-refractivity contribution >= 4 is 40.4 Å². The SMILES string of the molecule is COc1ccc(C2=C(Nc3ccc(OC)c(Cl)c3)C(=O)N(c3ccccc3C)C2=O)cc1. The summed E-state index contributed by atoms with van der Waals surface area (Å²) in [5, 5.41) is 3.49. The maximum Gasteiger partial charge on any atom is 0.282 e. The van der Waals surface area contributed by atoms with Crippen molar-refractivity contribution in [1.29, 1.82) is 0 Å². The summed E-state index contributed by atoms with van der Waals surface area (Å²) >= 11 is 6.25. The number of nitrogens with zero attached hydrogens (tertiary/aromatic N) is 1. The number of hydrogen-bond acceptors (Lipinski definition) is 5. The number of benzene rings is 3. The molecule has 0 spiro atoms. The normalized spacial score (nSPS) is 13.6. The first-order valence-corrected chi connectivity index (χ1v) is 10.3. The zero-order valence-corrected chi connectivity index (χ0v) is 18.6. The standard InChI is InChI=1S/C25H21ClN2O4/c1-15-6-4-5-7-20(15)28-24(29)22(16-8-11-18(31-2)12-9-16)23(25(28)30)27-17-10-13-21(32-3)19(26)14-17/h4-14,27H,1-3H3. The number of ether oxygens (including phenoxy) is 2. The molecule has 0 fully saturated rings. The van der Waals surface area contributed by atoms with E-state index in [1.54, 1.807) is 61.7 Å². The number of rotatable bonds is 6. The molecule has 0 aromatic heterocycles. The molecule has 3 aromatic carbocycles. The quantitative estimate of drug-likeness (QED) is 0.534. The average Bonchev–Trinajstić information content (AvgIpc) is 3.04. The highest BCUT2D eigenvalue weighted by Gasteiger charge is 2.40. The number of para-hydroxylation sites is 1. The summed E-state index contributed by atoms with van der Waals surface area (Å²) in [4.78, 5) is 28.2. The highest BCUT2D eigenvalue weighted by Crippen LogP contribution is 2.36. The Hall–Kier alpha value is -3.77. The topological polar surface area (TPSA) is 67.9 Å². The maximum absolute atomic E-state index is 13.5. The number of imide groups is 1. The van der Waals surface area contributed by atoms with Gasteiger partial charge >= 0.3 is 0 Å². The van der Waals surface area contributed by atoms with Gasteiger partial charge in [-0.15, -0.1) is 0 Å². The number of methoxy groups -OCH3 is 2. The zero-order chi connectivity index (χ0) is 22.8. The first kappa shape index (κ1) is 21.5. The fourth-order valence-electron chi connectivity index (χ4n) is 3.59. The molecule has 1 N–H and O–H groups in total. The van der Waals surface area contributed by atoms with Crippen molar-refractivity contribution in [3.63, 3.8) is 0 Å². The van der Waals surface area contributed by atoms with E-state index in [9.17, 15) is 9.59 Å². The van der Waals surface area contributed by atoms with E-state index in [0.717, 1.165) is 5.56 Å². The lowest BCUT2D eigenvalue weighted by atomic mass is 10.0. The minimum Gasteiger partial charge on any atom is -0.497 e. The van der Waals surface area contributed by atoms with Gasteiger partial charge in [-0.3, -0.25) is 9.59 Å². The fourth-order valence-corrected chi connectivity index (χ4v) is 3.85. The van der Waals surface area contributed by atoms with Gasteiger partial charge < -0.3 is 14.8 Å². The molecule has 1 heterocycles. The van der Waals surface area contributed by atoms with Gasteiger partial charge in [-0.1, -0.05) is 41.9 Å². The van der Waals surface area contributed by atoms with Gasteiger partial charge in [0.1, 0.15) is 17.2 Å². The van der Waals surface area contributed by atoms with E-state index < -0.39 is 11.8 Å². The molecule has 0 aliphatic carbocycles. The van der Waals surface area contributed by atoms with Crippen molar-refractivity contribution in [2.45, 2.75) is 6.92 Å². The molecule has 162 valence electrons. The predicted octanol–water partition coefficient (Wildman–Crippen LogP) is 5.06. The minimum absolute atomic E-state index is 0.171. The third-order valence-electron chi connectivity index (χ3n) is 5.24. The second-order valence-corrected chi connectivity index (χ2v) is 7.59. The number of carbonyl (C=O) groups excluding carboxylic acids is 2. The van der Waals surface area contributed by atoms with E-state index in [0.29, 0.717) is 33.5 Å². The molecule has 1 aliphatic rings. The van der Waals surface area contributed by atoms with Crippen LogP contribution in [-0.4, -0.2) is 26.0 Å². The third-order valence-corrected chi connectivity index (χ3v) is 5.54. The largest absolute Gasteiger partial charge is 0.497 e. The van der Waals surface area contributed by atoms with Crippen LogP contribution in [0.1, 0.15) is 11.1 Å². The Morgan fingerprint density at radius 1 is 0.875 bits per heavy atom. The summed E-state index contributed by atoms with van der Waals surface area (Å²) in [6.07, 6.45) is 0. The average molecular weight is 449 g/mol. The Balaban J connectivity index is 1.82. The second-order valence-electron chi connectivity index (χ2n) is 7.19. The molecule has 3 aromatic rings. The van der Waals surface area contributed by atoms with Crippen molar-refractivity contribution in [2.24, 2.45) is 0 Å². The van der Waals surface area contributed by atoms with E-state index in [-0.39, 0.29) is 11.3 Å². The smallest absolute Gasteiger partial charge is 0.282 e. The van der Waals surface area contributed by atoms with Gasteiger partial charge in [0.25, 0.3) is 11.8 Å². The van der Waals surface area contributed by atoms with E-state index >= 15 is 0 Å². The molecule has 1 aliphatic heterocycles. The van der Waals surface area contributed by atoms with Gasteiger partial charge in [0.05, 0.1) is 30.5 Å². The predicted molar refractivity (Wildman–Crippen MR) is 125 cm³/mol. The molecule has 32 heavy (non-hydrogen) atoms. The Labute approximate surface area is 191 Å². The number of aryl methyl sites for hydroxylation is 1. The Morgan fingerprint density at radius 2 is 1.59 bits per heavy atom. The number of amides is 2. The van der Waals surface area contributed by atoms with Crippen LogP contribution < -0.4 is 19.7 Å². The van der Waals surface area contributed by atoms with Crippen molar-refractivity contribution in [3.05, 3.63) is 88.6 Å². The van der Waals surface area contributed by atoms with Crippen molar-refractivity contribution < 1.29 is 19.1 Å². The van der Waals surface area contributed by atoms with Crippen LogP contribution in [0, 0.1) is 6.92 Å². The number of anilines is 2. The van der Waals surface area contributed by atoms with Crippen LogP contribution >= 0.6 is 11.6 Å². The van der Waals surface area contributed by atoms with E-state index in [1.165, 1.54) is 12.0 Å². The van der Waals surface area contributed by atoms with Crippen LogP contribution in [0.15, 0.2) is 72.4 Å².